The summed E-state index contributed by atoms with van der Waals surface area (Å²) < 4.78 is 0.950. The lowest BCUT2D eigenvalue weighted by Gasteiger charge is -2.12. The Morgan fingerprint density at radius 2 is 1.15 bits per heavy atom. The van der Waals surface area contributed by atoms with Crippen molar-refractivity contribution in [2.24, 2.45) is 0 Å². The van der Waals surface area contributed by atoms with E-state index in [1.807, 2.05) is 54.7 Å². The Balaban J connectivity index is 1.48. The smallest absolute Gasteiger partial charge is 0.160 e. The van der Waals surface area contributed by atoms with Gasteiger partial charge in [-0.2, -0.15) is 5.26 Å². The van der Waals surface area contributed by atoms with Gasteiger partial charge in [0, 0.05) is 39.1 Å². The number of rotatable bonds is 5. The number of pyridine rings is 1. The molecule has 0 atom stereocenters. The molecule has 0 spiro atoms. The fourth-order valence-corrected chi connectivity index (χ4v) is 4.96. The Morgan fingerprint density at radius 3 is 1.85 bits per heavy atom. The standard InChI is InChI=1S/C34H21BrN4/c35-31-18-29(28-7-4-16-37-22-28)17-30(19-31)33-20-32(38-34(39-33)27-10-8-23(21-36)9-11-27)26-14-12-25(13-15-26)24-5-2-1-3-6-24/h1-20,22H. The van der Waals surface area contributed by atoms with Crippen molar-refractivity contribution in [2.45, 2.75) is 0 Å². The summed E-state index contributed by atoms with van der Waals surface area (Å²) in [6.07, 6.45) is 3.62. The van der Waals surface area contributed by atoms with Crippen molar-refractivity contribution in [1.29, 1.82) is 5.26 Å². The van der Waals surface area contributed by atoms with E-state index in [4.69, 9.17) is 9.97 Å². The van der Waals surface area contributed by atoms with Gasteiger partial charge in [-0.15, -0.1) is 0 Å². The third-order valence-electron chi connectivity index (χ3n) is 6.47. The first-order valence-corrected chi connectivity index (χ1v) is 13.2. The van der Waals surface area contributed by atoms with Crippen LogP contribution in [-0.2, 0) is 0 Å². The van der Waals surface area contributed by atoms with Crippen molar-refractivity contribution in [2.75, 3.05) is 0 Å². The third-order valence-corrected chi connectivity index (χ3v) is 6.93. The van der Waals surface area contributed by atoms with Crippen LogP contribution in [0.5, 0.6) is 0 Å². The summed E-state index contributed by atoms with van der Waals surface area (Å²) in [6.45, 7) is 0. The van der Waals surface area contributed by atoms with Gasteiger partial charge in [-0.05, 0) is 71.3 Å². The first kappa shape index (κ1) is 24.4. The molecule has 6 rings (SSSR count). The predicted octanol–water partition coefficient (Wildman–Crippen LogP) is 8.84. The van der Waals surface area contributed by atoms with Crippen LogP contribution in [-0.4, -0.2) is 15.0 Å². The van der Waals surface area contributed by atoms with Gasteiger partial charge in [0.15, 0.2) is 5.82 Å². The van der Waals surface area contributed by atoms with Gasteiger partial charge in [0.25, 0.3) is 0 Å². The van der Waals surface area contributed by atoms with E-state index in [-0.39, 0.29) is 0 Å². The highest BCUT2D eigenvalue weighted by atomic mass is 79.9. The summed E-state index contributed by atoms with van der Waals surface area (Å²) >= 11 is 3.69. The van der Waals surface area contributed by atoms with Crippen LogP contribution in [0.25, 0.3) is 56.2 Å². The molecule has 6 aromatic rings. The maximum atomic E-state index is 9.25. The second-order valence-corrected chi connectivity index (χ2v) is 9.98. The van der Waals surface area contributed by atoms with Crippen molar-refractivity contribution >= 4 is 15.9 Å². The summed E-state index contributed by atoms with van der Waals surface area (Å²) in [4.78, 5) is 14.2. The van der Waals surface area contributed by atoms with Gasteiger partial charge < -0.3 is 0 Å². The van der Waals surface area contributed by atoms with Gasteiger partial charge in [-0.1, -0.05) is 76.6 Å². The van der Waals surface area contributed by atoms with Gasteiger partial charge >= 0.3 is 0 Å². The number of halogens is 1. The average molecular weight is 565 g/mol. The maximum Gasteiger partial charge on any atom is 0.160 e. The van der Waals surface area contributed by atoms with E-state index in [1.54, 1.807) is 18.3 Å². The topological polar surface area (TPSA) is 62.5 Å². The second-order valence-electron chi connectivity index (χ2n) is 9.06. The molecule has 0 amide bonds. The molecule has 0 aliphatic rings. The molecule has 0 aliphatic heterocycles. The number of benzene rings is 4. The van der Waals surface area contributed by atoms with Crippen LogP contribution in [0.2, 0.25) is 0 Å². The number of aromatic nitrogens is 3. The fourth-order valence-electron chi connectivity index (χ4n) is 4.47. The zero-order valence-corrected chi connectivity index (χ0v) is 22.4. The third kappa shape index (κ3) is 5.38. The van der Waals surface area contributed by atoms with E-state index >= 15 is 0 Å². The average Bonchev–Trinajstić information content (AvgIpc) is 3.01. The van der Waals surface area contributed by atoms with E-state index in [0.717, 1.165) is 49.2 Å². The van der Waals surface area contributed by atoms with Gasteiger partial charge in [-0.25, -0.2) is 9.97 Å². The van der Waals surface area contributed by atoms with E-state index in [9.17, 15) is 5.26 Å². The van der Waals surface area contributed by atoms with Gasteiger partial charge in [-0.3, -0.25) is 4.98 Å². The number of hydrogen-bond acceptors (Lipinski definition) is 4. The Hall–Kier alpha value is -4.92. The van der Waals surface area contributed by atoms with Gasteiger partial charge in [0.05, 0.1) is 23.0 Å². The van der Waals surface area contributed by atoms with Gasteiger partial charge in [0.2, 0.25) is 0 Å². The van der Waals surface area contributed by atoms with Crippen LogP contribution in [0, 0.1) is 11.3 Å². The Kier molecular flexibility index (Phi) is 6.78. The quantitative estimate of drug-likeness (QED) is 0.210. The molecule has 2 aromatic heterocycles. The van der Waals surface area contributed by atoms with Crippen LogP contribution in [0.1, 0.15) is 5.56 Å². The molecule has 0 aliphatic carbocycles. The molecule has 184 valence electrons. The van der Waals surface area contributed by atoms with Gasteiger partial charge in [0.1, 0.15) is 0 Å². The van der Waals surface area contributed by atoms with Crippen molar-refractivity contribution < 1.29 is 0 Å². The zero-order valence-electron chi connectivity index (χ0n) is 20.8. The Morgan fingerprint density at radius 1 is 0.538 bits per heavy atom. The molecular formula is C34H21BrN4. The highest BCUT2D eigenvalue weighted by Gasteiger charge is 2.13. The van der Waals surface area contributed by atoms with E-state index < -0.39 is 0 Å². The van der Waals surface area contributed by atoms with Crippen LogP contribution in [0.15, 0.2) is 132 Å². The number of hydrogen-bond donors (Lipinski definition) is 0. The highest BCUT2D eigenvalue weighted by molar-refractivity contribution is 9.10. The van der Waals surface area contributed by atoms with Crippen molar-refractivity contribution in [3.8, 4) is 62.2 Å². The van der Waals surface area contributed by atoms with Crippen molar-refractivity contribution in [3.63, 3.8) is 0 Å². The summed E-state index contributed by atoms with van der Waals surface area (Å²) in [5.74, 6) is 0.599. The normalized spacial score (nSPS) is 10.7. The Labute approximate surface area is 235 Å². The molecule has 0 N–H and O–H groups in total. The molecule has 0 saturated heterocycles. The lowest BCUT2D eigenvalue weighted by Crippen LogP contribution is -1.96. The van der Waals surface area contributed by atoms with Crippen LogP contribution >= 0.6 is 15.9 Å². The molecule has 4 aromatic carbocycles. The largest absolute Gasteiger partial charge is 0.264 e. The number of nitrogens with zero attached hydrogens (tertiary/aromatic N) is 4. The van der Waals surface area contributed by atoms with E-state index in [1.165, 1.54) is 5.56 Å². The van der Waals surface area contributed by atoms with Crippen LogP contribution in [0.4, 0.5) is 0 Å². The summed E-state index contributed by atoms with van der Waals surface area (Å²) in [6, 6.07) is 40.5. The van der Waals surface area contributed by atoms with E-state index in [0.29, 0.717) is 11.4 Å². The molecule has 0 bridgehead atoms. The zero-order chi connectivity index (χ0) is 26.6. The van der Waals surface area contributed by atoms with Crippen molar-refractivity contribution in [1.82, 2.24) is 15.0 Å². The summed E-state index contributed by atoms with van der Waals surface area (Å²) in [7, 11) is 0. The van der Waals surface area contributed by atoms with Crippen LogP contribution < -0.4 is 0 Å². The highest BCUT2D eigenvalue weighted by Crippen LogP contribution is 2.33. The minimum absolute atomic E-state index is 0.597. The number of nitriles is 1. The molecule has 0 radical (unpaired) electrons. The van der Waals surface area contributed by atoms with Crippen molar-refractivity contribution in [3.05, 3.63) is 138 Å². The lowest BCUT2D eigenvalue weighted by atomic mass is 10.00. The molecule has 39 heavy (non-hydrogen) atoms. The minimum Gasteiger partial charge on any atom is -0.264 e. The molecule has 4 nitrogen and oxygen atoms in total. The second kappa shape index (κ2) is 10.8. The first-order valence-electron chi connectivity index (χ1n) is 12.4. The minimum atomic E-state index is 0.597. The predicted molar refractivity (Wildman–Crippen MR) is 159 cm³/mol. The van der Waals surface area contributed by atoms with Crippen LogP contribution in [0.3, 0.4) is 0 Å². The fraction of sp³-hybridized carbons (Fsp3) is 0. The summed E-state index contributed by atoms with van der Waals surface area (Å²) in [5, 5.41) is 9.25. The molecule has 0 fully saturated rings. The maximum absolute atomic E-state index is 9.25. The molecule has 5 heteroatoms. The molecule has 0 saturated carbocycles. The molecular weight excluding hydrogens is 544 g/mol. The lowest BCUT2D eigenvalue weighted by molar-refractivity contribution is 1.18. The monoisotopic (exact) mass is 564 g/mol. The molecule has 0 unspecified atom stereocenters. The first-order chi connectivity index (χ1) is 19.2. The van der Waals surface area contributed by atoms with E-state index in [2.05, 4.69) is 81.6 Å². The summed E-state index contributed by atoms with van der Waals surface area (Å²) in [5.41, 5.74) is 9.41. The Bertz CT molecular complexity index is 1790. The molecule has 2 heterocycles. The SMILES string of the molecule is N#Cc1ccc(-c2nc(-c3ccc(-c4ccccc4)cc3)cc(-c3cc(Br)cc(-c4cccnc4)c3)n2)cc1.